The summed E-state index contributed by atoms with van der Waals surface area (Å²) >= 11 is 0. The summed E-state index contributed by atoms with van der Waals surface area (Å²) in [6.45, 7) is 2.09. The molecule has 7 rings (SSSR count). The molecule has 3 aromatic rings. The summed E-state index contributed by atoms with van der Waals surface area (Å²) in [5, 5.41) is 6.10. The molecular weight excluding hydrogens is 484 g/mol. The fourth-order valence-corrected chi connectivity index (χ4v) is 5.89. The highest BCUT2D eigenvalue weighted by Crippen LogP contribution is 2.37. The molecule has 0 bridgehead atoms. The van der Waals surface area contributed by atoms with E-state index in [-0.39, 0.29) is 18.9 Å². The van der Waals surface area contributed by atoms with Gasteiger partial charge in [0.1, 0.15) is 0 Å². The molecule has 10 heteroatoms. The lowest BCUT2D eigenvalue weighted by atomic mass is 9.91. The smallest absolute Gasteiger partial charge is 0.311 e. The van der Waals surface area contributed by atoms with Gasteiger partial charge in [-0.05, 0) is 29.3 Å². The Balaban J connectivity index is 1.16. The SMILES string of the molecule is Cn1ncc2cc(C(c3ccc4c(c3)C=[N+]3C=CC43)N3CCN(C(=O)ON4C(=O)CCC4=O)CC3)ccc21. The zero-order valence-electron chi connectivity index (χ0n) is 21.0. The van der Waals surface area contributed by atoms with Crippen molar-refractivity contribution in [3.8, 4) is 0 Å². The van der Waals surface area contributed by atoms with E-state index in [2.05, 4.69) is 69.5 Å². The zero-order chi connectivity index (χ0) is 26.0. The molecule has 0 saturated carbocycles. The Morgan fingerprint density at radius 3 is 2.50 bits per heavy atom. The minimum Gasteiger partial charge on any atom is -0.311 e. The molecule has 0 spiro atoms. The maximum atomic E-state index is 12.7. The van der Waals surface area contributed by atoms with Gasteiger partial charge in [-0.15, -0.1) is 5.06 Å². The maximum Gasteiger partial charge on any atom is 0.434 e. The number of nitrogens with zero attached hydrogens (tertiary/aromatic N) is 6. The quantitative estimate of drug-likeness (QED) is 0.395. The van der Waals surface area contributed by atoms with E-state index in [1.54, 1.807) is 4.90 Å². The summed E-state index contributed by atoms with van der Waals surface area (Å²) in [5.41, 5.74) is 5.97. The fourth-order valence-electron chi connectivity index (χ4n) is 5.89. The topological polar surface area (TPSA) is 91.0 Å². The average Bonchev–Trinajstić information content (AvgIpc) is 3.52. The number of hydrogen-bond donors (Lipinski definition) is 0. The van der Waals surface area contributed by atoms with Crippen LogP contribution in [0, 0.1) is 0 Å². The molecule has 1 aromatic heterocycles. The van der Waals surface area contributed by atoms with Crippen LogP contribution in [0.2, 0.25) is 0 Å². The van der Waals surface area contributed by atoms with E-state index in [4.69, 9.17) is 4.84 Å². The normalized spacial score (nSPS) is 21.4. The number of carbonyl (C=O) groups is 3. The van der Waals surface area contributed by atoms with E-state index in [0.717, 1.165) is 16.5 Å². The van der Waals surface area contributed by atoms with Crippen molar-refractivity contribution in [2.45, 2.75) is 24.9 Å². The van der Waals surface area contributed by atoms with Gasteiger partial charge in [0.15, 0.2) is 12.4 Å². The molecule has 4 aliphatic rings. The number of piperazine rings is 1. The van der Waals surface area contributed by atoms with E-state index in [1.807, 2.05) is 17.9 Å². The minimum atomic E-state index is -0.661. The molecule has 2 atom stereocenters. The number of imide groups is 1. The third kappa shape index (κ3) is 3.63. The molecule has 4 aliphatic heterocycles. The van der Waals surface area contributed by atoms with Crippen molar-refractivity contribution in [1.29, 1.82) is 0 Å². The van der Waals surface area contributed by atoms with Gasteiger partial charge in [-0.3, -0.25) is 19.2 Å². The highest BCUT2D eigenvalue weighted by molar-refractivity contribution is 6.01. The Morgan fingerprint density at radius 1 is 1.03 bits per heavy atom. The summed E-state index contributed by atoms with van der Waals surface area (Å²) in [7, 11) is 1.94. The van der Waals surface area contributed by atoms with Crippen molar-refractivity contribution < 1.29 is 23.8 Å². The first kappa shape index (κ1) is 22.9. The molecule has 0 N–H and O–H groups in total. The Morgan fingerprint density at radius 2 is 1.76 bits per heavy atom. The Kier molecular flexibility index (Phi) is 5.19. The van der Waals surface area contributed by atoms with Crippen molar-refractivity contribution in [3.05, 3.63) is 77.1 Å². The standard InChI is InChI=1S/C28H27N6O4/c1-30-23-5-3-19(14-20(23)16-29-30)27(18-2-4-22-21(15-18)17-33-9-8-24(22)33)31-10-12-32(13-11-31)28(37)38-34-25(35)6-7-26(34)36/h2-5,8-9,14-17,24,27H,6-7,10-13H2,1H3/q+1. The number of aromatic nitrogens is 2. The van der Waals surface area contributed by atoms with Crippen LogP contribution in [0.25, 0.3) is 10.9 Å². The van der Waals surface area contributed by atoms with Gasteiger partial charge in [0, 0.05) is 62.6 Å². The van der Waals surface area contributed by atoms with Crippen LogP contribution in [-0.2, 0) is 21.5 Å². The Hall–Kier alpha value is -4.31. The number of aryl methyl sites for hydroxylation is 1. The molecule has 3 amide bonds. The first-order valence-corrected chi connectivity index (χ1v) is 12.9. The summed E-state index contributed by atoms with van der Waals surface area (Å²) < 4.78 is 4.10. The molecule has 2 fully saturated rings. The van der Waals surface area contributed by atoms with Gasteiger partial charge < -0.3 is 9.74 Å². The van der Waals surface area contributed by atoms with Crippen molar-refractivity contribution in [3.63, 3.8) is 0 Å². The van der Waals surface area contributed by atoms with Gasteiger partial charge in [0.05, 0.1) is 23.8 Å². The number of benzene rings is 2. The maximum absolute atomic E-state index is 12.7. The van der Waals surface area contributed by atoms with Crippen molar-refractivity contribution in [2.24, 2.45) is 7.05 Å². The molecule has 10 nitrogen and oxygen atoms in total. The summed E-state index contributed by atoms with van der Waals surface area (Å²) in [4.78, 5) is 45.5. The predicted molar refractivity (Wildman–Crippen MR) is 137 cm³/mol. The van der Waals surface area contributed by atoms with Crippen LogP contribution in [0.1, 0.15) is 47.2 Å². The highest BCUT2D eigenvalue weighted by Gasteiger charge is 2.38. The third-order valence-corrected chi connectivity index (χ3v) is 7.99. The first-order valence-electron chi connectivity index (χ1n) is 12.9. The summed E-state index contributed by atoms with van der Waals surface area (Å²) in [5.74, 6) is -0.942. The van der Waals surface area contributed by atoms with Crippen LogP contribution >= 0.6 is 0 Å². The second-order valence-corrected chi connectivity index (χ2v) is 10.2. The van der Waals surface area contributed by atoms with Crippen LogP contribution in [0.15, 0.2) is 54.9 Å². The van der Waals surface area contributed by atoms with Crippen LogP contribution in [0.4, 0.5) is 4.79 Å². The van der Waals surface area contributed by atoms with Gasteiger partial charge in [-0.25, -0.2) is 4.79 Å². The third-order valence-electron chi connectivity index (χ3n) is 7.99. The van der Waals surface area contributed by atoms with Gasteiger partial charge in [0.2, 0.25) is 6.04 Å². The van der Waals surface area contributed by atoms with Crippen LogP contribution in [0.3, 0.4) is 0 Å². The lowest BCUT2D eigenvalue weighted by molar-refractivity contribution is -0.510. The fraction of sp³-hybridized carbons (Fsp3) is 0.321. The second-order valence-electron chi connectivity index (χ2n) is 10.2. The number of hydrogen-bond acceptors (Lipinski definition) is 6. The first-order chi connectivity index (χ1) is 18.5. The van der Waals surface area contributed by atoms with Crippen LogP contribution in [-0.4, -0.2) is 79.5 Å². The lowest BCUT2D eigenvalue weighted by Crippen LogP contribution is -2.51. The van der Waals surface area contributed by atoms with Gasteiger partial charge in [-0.2, -0.15) is 9.67 Å². The predicted octanol–water partition coefficient (Wildman–Crippen LogP) is 2.49. The minimum absolute atomic E-state index is 0.0144. The second kappa shape index (κ2) is 8.63. The zero-order valence-corrected chi connectivity index (χ0v) is 21.0. The summed E-state index contributed by atoms with van der Waals surface area (Å²) in [6.07, 6.45) is 7.88. The molecule has 5 heterocycles. The number of hydroxylamine groups is 2. The lowest BCUT2D eigenvalue weighted by Gasteiger charge is -2.39. The molecule has 2 unspecified atom stereocenters. The molecule has 38 heavy (non-hydrogen) atoms. The molecule has 0 radical (unpaired) electrons. The van der Waals surface area contributed by atoms with Crippen molar-refractivity contribution >= 4 is 35.0 Å². The number of amides is 3. The van der Waals surface area contributed by atoms with E-state index in [1.165, 1.54) is 16.7 Å². The largest absolute Gasteiger partial charge is 0.434 e. The van der Waals surface area contributed by atoms with E-state index >= 15 is 0 Å². The molecular formula is C28H27N6O4+. The van der Waals surface area contributed by atoms with Crippen molar-refractivity contribution in [1.82, 2.24) is 24.6 Å². The molecule has 0 aliphatic carbocycles. The van der Waals surface area contributed by atoms with Crippen molar-refractivity contribution in [2.75, 3.05) is 26.2 Å². The highest BCUT2D eigenvalue weighted by atomic mass is 16.7. The molecule has 2 saturated heterocycles. The number of fused-ring (bicyclic) bond motifs is 4. The van der Waals surface area contributed by atoms with Crippen LogP contribution < -0.4 is 0 Å². The van der Waals surface area contributed by atoms with Gasteiger partial charge in [-0.1, -0.05) is 18.2 Å². The van der Waals surface area contributed by atoms with Gasteiger partial charge >= 0.3 is 6.09 Å². The van der Waals surface area contributed by atoms with Crippen LogP contribution in [0.5, 0.6) is 0 Å². The molecule has 192 valence electrons. The number of rotatable bonds is 4. The number of carbonyl (C=O) groups excluding carboxylic acids is 3. The Bertz CT molecular complexity index is 1550. The molecule has 2 aromatic carbocycles. The van der Waals surface area contributed by atoms with Gasteiger partial charge in [0.25, 0.3) is 11.8 Å². The monoisotopic (exact) mass is 511 g/mol. The summed E-state index contributed by atoms with van der Waals surface area (Å²) in [6, 6.07) is 13.5. The average molecular weight is 512 g/mol. The van der Waals surface area contributed by atoms with E-state index in [0.29, 0.717) is 37.3 Å². The Labute approximate surface area is 218 Å². The van der Waals surface area contributed by atoms with E-state index < -0.39 is 17.9 Å². The van der Waals surface area contributed by atoms with E-state index in [9.17, 15) is 14.4 Å².